The van der Waals surface area contributed by atoms with Crippen LogP contribution in [0, 0.1) is 11.3 Å². The molecule has 0 unspecified atom stereocenters. The van der Waals surface area contributed by atoms with Gasteiger partial charge in [-0.15, -0.1) is 11.3 Å². The molecule has 0 fully saturated rings. The molecule has 2 rings (SSSR count). The third-order valence-electron chi connectivity index (χ3n) is 2.53. The first kappa shape index (κ1) is 15.3. The minimum atomic E-state index is -3.61. The molecule has 3 N–H and O–H groups in total. The fraction of sp³-hybridized carbons (Fsp3) is 0.154. The first-order valence-corrected chi connectivity index (χ1v) is 8.30. The average Bonchev–Trinajstić information content (AvgIpc) is 2.95. The lowest BCUT2D eigenvalue weighted by atomic mass is 10.3. The number of benzene rings is 1. The zero-order valence-electron chi connectivity index (χ0n) is 10.9. The van der Waals surface area contributed by atoms with E-state index in [0.717, 1.165) is 11.3 Å². The second-order valence-corrected chi connectivity index (χ2v) is 7.09. The topological polar surface area (TPSA) is 105 Å². The van der Waals surface area contributed by atoms with Gasteiger partial charge in [-0.2, -0.15) is 5.26 Å². The van der Waals surface area contributed by atoms with Crippen molar-refractivity contribution in [3.8, 4) is 11.8 Å². The van der Waals surface area contributed by atoms with Crippen LogP contribution in [0.2, 0.25) is 0 Å². The summed E-state index contributed by atoms with van der Waals surface area (Å²) in [6.07, 6.45) is 0. The smallest absolute Gasteiger partial charge is 0.250 e. The maximum absolute atomic E-state index is 11.9. The van der Waals surface area contributed by atoms with Crippen molar-refractivity contribution < 1.29 is 13.2 Å². The third kappa shape index (κ3) is 3.95. The van der Waals surface area contributed by atoms with Gasteiger partial charge in [0.15, 0.2) is 0 Å². The molecule has 0 atom stereocenters. The lowest BCUT2D eigenvalue weighted by Crippen LogP contribution is -2.27. The van der Waals surface area contributed by atoms with E-state index in [1.807, 2.05) is 6.07 Å². The Hall–Kier alpha value is -2.08. The second kappa shape index (κ2) is 6.58. The van der Waals surface area contributed by atoms with E-state index in [4.69, 9.17) is 15.7 Å². The van der Waals surface area contributed by atoms with Gasteiger partial charge in [-0.25, -0.2) is 13.1 Å². The molecule has 0 saturated heterocycles. The van der Waals surface area contributed by atoms with Crippen LogP contribution in [0.1, 0.15) is 4.88 Å². The molecule has 2 aromatic rings. The van der Waals surface area contributed by atoms with Crippen molar-refractivity contribution in [3.63, 3.8) is 0 Å². The van der Waals surface area contributed by atoms with Gasteiger partial charge in [-0.1, -0.05) is 12.1 Å². The Bertz CT molecular complexity index is 763. The van der Waals surface area contributed by atoms with E-state index < -0.39 is 10.0 Å². The SMILES string of the molecule is N#Cc1ccc(S(=O)(=O)NCCOc2ccccc2N)s1. The van der Waals surface area contributed by atoms with E-state index in [2.05, 4.69) is 4.72 Å². The van der Waals surface area contributed by atoms with E-state index in [0.29, 0.717) is 16.3 Å². The van der Waals surface area contributed by atoms with Gasteiger partial charge < -0.3 is 10.5 Å². The fourth-order valence-corrected chi connectivity index (χ4v) is 3.71. The van der Waals surface area contributed by atoms with Crippen LogP contribution in [-0.2, 0) is 10.0 Å². The lowest BCUT2D eigenvalue weighted by molar-refractivity contribution is 0.324. The van der Waals surface area contributed by atoms with Crippen LogP contribution >= 0.6 is 11.3 Å². The van der Waals surface area contributed by atoms with Gasteiger partial charge in [0, 0.05) is 6.54 Å². The summed E-state index contributed by atoms with van der Waals surface area (Å²) in [7, 11) is -3.61. The molecule has 6 nitrogen and oxygen atoms in total. The van der Waals surface area contributed by atoms with Crippen LogP contribution in [-0.4, -0.2) is 21.6 Å². The predicted octanol–water partition coefficient (Wildman–Crippen LogP) is 1.56. The summed E-state index contributed by atoms with van der Waals surface area (Å²) >= 11 is 0.924. The Labute approximate surface area is 126 Å². The minimum Gasteiger partial charge on any atom is -0.490 e. The average molecular weight is 323 g/mol. The van der Waals surface area contributed by atoms with Gasteiger partial charge in [0.2, 0.25) is 10.0 Å². The third-order valence-corrected chi connectivity index (χ3v) is 5.47. The second-order valence-electron chi connectivity index (χ2n) is 4.01. The first-order chi connectivity index (χ1) is 10.0. The van der Waals surface area contributed by atoms with Gasteiger partial charge in [0.05, 0.1) is 5.69 Å². The molecule has 0 saturated carbocycles. The Balaban J connectivity index is 1.88. The number of ether oxygens (including phenoxy) is 1. The summed E-state index contributed by atoms with van der Waals surface area (Å²) in [6.45, 7) is 0.264. The minimum absolute atomic E-state index is 0.108. The van der Waals surface area contributed by atoms with Gasteiger partial charge in [0.25, 0.3) is 0 Å². The number of nitrogens with two attached hydrogens (primary N) is 1. The number of para-hydroxylation sites is 2. The molecule has 110 valence electrons. The highest BCUT2D eigenvalue weighted by Gasteiger charge is 2.16. The van der Waals surface area contributed by atoms with Gasteiger partial charge >= 0.3 is 0 Å². The number of thiophene rings is 1. The van der Waals surface area contributed by atoms with Crippen LogP contribution < -0.4 is 15.2 Å². The lowest BCUT2D eigenvalue weighted by Gasteiger charge is -2.09. The maximum Gasteiger partial charge on any atom is 0.250 e. The zero-order valence-corrected chi connectivity index (χ0v) is 12.6. The summed E-state index contributed by atoms with van der Waals surface area (Å²) in [5.74, 6) is 0.514. The Morgan fingerprint density at radius 1 is 1.29 bits per heavy atom. The highest BCUT2D eigenvalue weighted by atomic mass is 32.2. The van der Waals surface area contributed by atoms with E-state index in [1.165, 1.54) is 12.1 Å². The summed E-state index contributed by atoms with van der Waals surface area (Å²) in [4.78, 5) is 0.351. The van der Waals surface area contributed by atoms with E-state index in [1.54, 1.807) is 24.3 Å². The van der Waals surface area contributed by atoms with Crippen molar-refractivity contribution >= 4 is 27.0 Å². The molecule has 0 aliphatic heterocycles. The van der Waals surface area contributed by atoms with Crippen molar-refractivity contribution in [1.82, 2.24) is 4.72 Å². The van der Waals surface area contributed by atoms with Crippen molar-refractivity contribution in [2.75, 3.05) is 18.9 Å². The van der Waals surface area contributed by atoms with Crippen molar-refractivity contribution in [3.05, 3.63) is 41.3 Å². The van der Waals surface area contributed by atoms with Crippen LogP contribution in [0.5, 0.6) is 5.75 Å². The number of hydrogen-bond donors (Lipinski definition) is 2. The van der Waals surface area contributed by atoms with Crippen molar-refractivity contribution in [1.29, 1.82) is 5.26 Å². The number of rotatable bonds is 6. The standard InChI is InChI=1S/C13H13N3O3S2/c14-9-10-5-6-13(20-10)21(17,18)16-7-8-19-12-4-2-1-3-11(12)15/h1-6,16H,7-8,15H2. The highest BCUT2D eigenvalue weighted by molar-refractivity contribution is 7.91. The zero-order chi connectivity index (χ0) is 15.3. The maximum atomic E-state index is 11.9. The summed E-state index contributed by atoms with van der Waals surface area (Å²) in [6, 6.07) is 11.8. The van der Waals surface area contributed by atoms with Crippen LogP contribution in [0.3, 0.4) is 0 Å². The summed E-state index contributed by atoms with van der Waals surface area (Å²) < 4.78 is 31.8. The number of sulfonamides is 1. The largest absolute Gasteiger partial charge is 0.490 e. The number of anilines is 1. The molecular weight excluding hydrogens is 310 g/mol. The number of nitrogens with one attached hydrogen (secondary N) is 1. The van der Waals surface area contributed by atoms with Gasteiger partial charge in [0.1, 0.15) is 27.5 Å². The number of nitriles is 1. The van der Waals surface area contributed by atoms with Crippen molar-refractivity contribution in [2.24, 2.45) is 0 Å². The summed E-state index contributed by atoms with van der Waals surface area (Å²) in [5, 5.41) is 8.70. The number of nitrogen functional groups attached to an aromatic ring is 1. The molecule has 8 heteroatoms. The normalized spacial score (nSPS) is 11.0. The molecule has 0 spiro atoms. The van der Waals surface area contributed by atoms with Crippen molar-refractivity contribution in [2.45, 2.75) is 4.21 Å². The molecular formula is C13H13N3O3S2. The molecule has 1 heterocycles. The molecule has 1 aromatic heterocycles. The Kier molecular flexibility index (Phi) is 4.80. The molecule has 0 radical (unpaired) electrons. The number of nitrogens with zero attached hydrogens (tertiary/aromatic N) is 1. The van der Waals surface area contributed by atoms with Crippen LogP contribution in [0.4, 0.5) is 5.69 Å². The number of hydrogen-bond acceptors (Lipinski definition) is 6. The monoisotopic (exact) mass is 323 g/mol. The molecule has 1 aromatic carbocycles. The quantitative estimate of drug-likeness (QED) is 0.620. The van der Waals surface area contributed by atoms with Gasteiger partial charge in [-0.3, -0.25) is 0 Å². The van der Waals surface area contributed by atoms with Gasteiger partial charge in [-0.05, 0) is 24.3 Å². The fourth-order valence-electron chi connectivity index (χ4n) is 1.54. The van der Waals surface area contributed by atoms with E-state index in [-0.39, 0.29) is 17.4 Å². The van der Waals surface area contributed by atoms with Crippen LogP contribution in [0.15, 0.2) is 40.6 Å². The van der Waals surface area contributed by atoms with Crippen LogP contribution in [0.25, 0.3) is 0 Å². The van der Waals surface area contributed by atoms with E-state index in [9.17, 15) is 8.42 Å². The molecule has 0 amide bonds. The molecule has 0 aliphatic rings. The predicted molar refractivity (Wildman–Crippen MR) is 80.6 cm³/mol. The first-order valence-electron chi connectivity index (χ1n) is 6.00. The Morgan fingerprint density at radius 3 is 2.71 bits per heavy atom. The Morgan fingerprint density at radius 2 is 2.05 bits per heavy atom. The van der Waals surface area contributed by atoms with E-state index >= 15 is 0 Å². The molecule has 21 heavy (non-hydrogen) atoms. The summed E-state index contributed by atoms with van der Waals surface area (Å²) in [5.41, 5.74) is 6.20. The molecule has 0 bridgehead atoms. The highest BCUT2D eigenvalue weighted by Crippen LogP contribution is 2.21. The molecule has 0 aliphatic carbocycles.